The molecule has 0 aliphatic heterocycles. The summed E-state index contributed by atoms with van der Waals surface area (Å²) in [5, 5.41) is 24.6. The SMILES string of the molecule is CC(=O)NCCCC[C@H](NC(=O)CCNC(=O)CCCNC(=O)Cc1ccc(NC(C)=O)cc1)C(=O)N[C@H](C)C(=O)O[C@@H](C)C(=O)O. The van der Waals surface area contributed by atoms with Crippen LogP contribution in [0.1, 0.15) is 71.8 Å². The van der Waals surface area contributed by atoms with E-state index in [1.54, 1.807) is 24.3 Å². The summed E-state index contributed by atoms with van der Waals surface area (Å²) in [5.41, 5.74) is 1.39. The normalized spacial score (nSPS) is 12.3. The Morgan fingerprint density at radius 2 is 1.36 bits per heavy atom. The number of rotatable bonds is 21. The molecule has 0 spiro atoms. The predicted octanol–water partition coefficient (Wildman–Crippen LogP) is -0.0976. The molecule has 16 heteroatoms. The predicted molar refractivity (Wildman–Crippen MR) is 170 cm³/mol. The van der Waals surface area contributed by atoms with Crippen molar-refractivity contribution in [3.63, 3.8) is 0 Å². The first-order valence-electron chi connectivity index (χ1n) is 15.3. The van der Waals surface area contributed by atoms with Gasteiger partial charge in [0.25, 0.3) is 0 Å². The summed E-state index contributed by atoms with van der Waals surface area (Å²) in [6.07, 6.45) is 0.245. The van der Waals surface area contributed by atoms with E-state index in [0.29, 0.717) is 31.5 Å². The Morgan fingerprint density at radius 1 is 0.723 bits per heavy atom. The van der Waals surface area contributed by atoms with E-state index in [-0.39, 0.29) is 62.4 Å². The third-order valence-electron chi connectivity index (χ3n) is 6.51. The highest BCUT2D eigenvalue weighted by Crippen LogP contribution is 2.10. The lowest BCUT2D eigenvalue weighted by atomic mass is 10.1. The number of unbranched alkanes of at least 4 members (excludes halogenated alkanes) is 1. The molecular formula is C31H46N6O10. The smallest absolute Gasteiger partial charge is 0.344 e. The van der Waals surface area contributed by atoms with E-state index < -0.39 is 41.9 Å². The molecule has 260 valence electrons. The number of hydrogen-bond donors (Lipinski definition) is 7. The maximum absolute atomic E-state index is 12.9. The minimum Gasteiger partial charge on any atom is -0.479 e. The van der Waals surface area contributed by atoms with Gasteiger partial charge in [0.15, 0.2) is 6.10 Å². The molecule has 47 heavy (non-hydrogen) atoms. The van der Waals surface area contributed by atoms with Gasteiger partial charge in [0.05, 0.1) is 6.42 Å². The maximum atomic E-state index is 12.9. The highest BCUT2D eigenvalue weighted by Gasteiger charge is 2.27. The molecule has 1 rings (SSSR count). The van der Waals surface area contributed by atoms with Gasteiger partial charge in [0.1, 0.15) is 12.1 Å². The van der Waals surface area contributed by atoms with Crippen LogP contribution in [0, 0.1) is 0 Å². The van der Waals surface area contributed by atoms with Crippen LogP contribution in [0.2, 0.25) is 0 Å². The third kappa shape index (κ3) is 18.5. The van der Waals surface area contributed by atoms with Gasteiger partial charge >= 0.3 is 11.9 Å². The van der Waals surface area contributed by atoms with Crippen LogP contribution in [-0.4, -0.2) is 90.3 Å². The molecule has 3 atom stereocenters. The van der Waals surface area contributed by atoms with Crippen LogP contribution in [0.25, 0.3) is 0 Å². The maximum Gasteiger partial charge on any atom is 0.344 e. The second kappa shape index (κ2) is 21.7. The monoisotopic (exact) mass is 662 g/mol. The molecule has 0 heterocycles. The van der Waals surface area contributed by atoms with E-state index in [1.807, 2.05) is 0 Å². The number of carbonyl (C=O) groups excluding carboxylic acids is 7. The Morgan fingerprint density at radius 3 is 1.98 bits per heavy atom. The highest BCUT2D eigenvalue weighted by atomic mass is 16.6. The first kappa shape index (κ1) is 40.0. The van der Waals surface area contributed by atoms with Gasteiger partial charge in [0.2, 0.25) is 35.4 Å². The highest BCUT2D eigenvalue weighted by molar-refractivity contribution is 5.91. The first-order valence-corrected chi connectivity index (χ1v) is 15.3. The first-order chi connectivity index (χ1) is 22.2. The average molecular weight is 663 g/mol. The summed E-state index contributed by atoms with van der Waals surface area (Å²) in [5.74, 6) is -4.45. The topological polar surface area (TPSA) is 238 Å². The molecule has 0 saturated carbocycles. The quantitative estimate of drug-likeness (QED) is 0.0682. The fourth-order valence-corrected chi connectivity index (χ4v) is 4.01. The standard InChI is InChI=1S/C31H46N6O10/c1-19(31(46)47-20(2)30(44)45)35-29(43)25(8-5-6-15-32-21(3)38)37-27(41)14-17-34-26(40)9-7-16-33-28(42)18-23-10-12-24(13-11-23)36-22(4)39/h10-13,19-20,25H,5-9,14-18H2,1-4H3,(H,32,38)(H,33,42)(H,34,40)(H,35,43)(H,36,39)(H,37,41)(H,44,45)/t19-,20+,25+/m1/s1. The molecule has 1 aromatic rings. The number of nitrogens with one attached hydrogen (secondary N) is 6. The number of benzene rings is 1. The number of hydrogen-bond acceptors (Lipinski definition) is 9. The lowest BCUT2D eigenvalue weighted by Gasteiger charge is -2.21. The van der Waals surface area contributed by atoms with Crippen LogP contribution in [0.3, 0.4) is 0 Å². The molecular weight excluding hydrogens is 616 g/mol. The summed E-state index contributed by atoms with van der Waals surface area (Å²) in [6.45, 7) is 5.91. The molecule has 0 radical (unpaired) electrons. The average Bonchev–Trinajstić information content (AvgIpc) is 2.98. The summed E-state index contributed by atoms with van der Waals surface area (Å²) in [7, 11) is 0. The Balaban J connectivity index is 2.46. The number of anilines is 1. The van der Waals surface area contributed by atoms with Crippen LogP contribution in [0.15, 0.2) is 24.3 Å². The largest absolute Gasteiger partial charge is 0.479 e. The van der Waals surface area contributed by atoms with E-state index in [4.69, 9.17) is 9.84 Å². The van der Waals surface area contributed by atoms with Gasteiger partial charge in [-0.25, -0.2) is 9.59 Å². The van der Waals surface area contributed by atoms with Crippen LogP contribution >= 0.6 is 0 Å². The Hall–Kier alpha value is -5.02. The number of carbonyl (C=O) groups is 8. The molecule has 7 N–H and O–H groups in total. The van der Waals surface area contributed by atoms with Gasteiger partial charge in [-0.05, 0) is 57.2 Å². The zero-order chi connectivity index (χ0) is 35.4. The molecule has 0 saturated heterocycles. The van der Waals surface area contributed by atoms with Crippen molar-refractivity contribution in [3.05, 3.63) is 29.8 Å². The Kier molecular flexibility index (Phi) is 18.4. The lowest BCUT2D eigenvalue weighted by molar-refractivity contribution is -0.164. The molecule has 1 aromatic carbocycles. The fraction of sp³-hybridized carbons (Fsp3) is 0.548. The summed E-state index contributed by atoms with van der Waals surface area (Å²) < 4.78 is 4.78. The van der Waals surface area contributed by atoms with E-state index in [0.717, 1.165) is 5.56 Å². The minimum absolute atomic E-state index is 0.00180. The zero-order valence-electron chi connectivity index (χ0n) is 27.2. The van der Waals surface area contributed by atoms with Crippen molar-refractivity contribution >= 4 is 53.1 Å². The molecule has 6 amide bonds. The van der Waals surface area contributed by atoms with Crippen LogP contribution in [-0.2, 0) is 49.5 Å². The Labute approximate surface area is 273 Å². The molecule has 0 aromatic heterocycles. The summed E-state index contributed by atoms with van der Waals surface area (Å²) in [6, 6.07) is 4.65. The fourth-order valence-electron chi connectivity index (χ4n) is 4.01. The van der Waals surface area contributed by atoms with Crippen LogP contribution in [0.4, 0.5) is 5.69 Å². The van der Waals surface area contributed by atoms with Crippen LogP contribution in [0.5, 0.6) is 0 Å². The third-order valence-corrected chi connectivity index (χ3v) is 6.51. The van der Waals surface area contributed by atoms with Crippen LogP contribution < -0.4 is 31.9 Å². The lowest BCUT2D eigenvalue weighted by Crippen LogP contribution is -2.51. The summed E-state index contributed by atoms with van der Waals surface area (Å²) >= 11 is 0. The van der Waals surface area contributed by atoms with E-state index in [1.165, 1.54) is 27.7 Å². The number of aliphatic carboxylic acids is 1. The van der Waals surface area contributed by atoms with Crippen molar-refractivity contribution in [3.8, 4) is 0 Å². The summed E-state index contributed by atoms with van der Waals surface area (Å²) in [4.78, 5) is 95.1. The number of ether oxygens (including phenoxy) is 1. The zero-order valence-corrected chi connectivity index (χ0v) is 27.2. The van der Waals surface area contributed by atoms with Crippen molar-refractivity contribution in [2.75, 3.05) is 25.0 Å². The van der Waals surface area contributed by atoms with E-state index in [9.17, 15) is 38.4 Å². The van der Waals surface area contributed by atoms with Crippen molar-refractivity contribution < 1.29 is 48.2 Å². The van der Waals surface area contributed by atoms with Crippen molar-refractivity contribution in [2.45, 2.75) is 90.8 Å². The minimum atomic E-state index is -1.41. The number of amides is 6. The van der Waals surface area contributed by atoms with Gasteiger partial charge in [0, 0.05) is 52.0 Å². The molecule has 0 fully saturated rings. The van der Waals surface area contributed by atoms with Gasteiger partial charge in [-0.1, -0.05) is 12.1 Å². The second-order valence-corrected chi connectivity index (χ2v) is 10.9. The number of esters is 1. The molecule has 16 nitrogen and oxygen atoms in total. The Bertz CT molecular complexity index is 1250. The molecule has 0 unspecified atom stereocenters. The van der Waals surface area contributed by atoms with E-state index in [2.05, 4.69) is 31.9 Å². The number of carboxylic acids is 1. The van der Waals surface area contributed by atoms with Gasteiger partial charge in [-0.3, -0.25) is 28.8 Å². The van der Waals surface area contributed by atoms with Gasteiger partial charge in [-0.15, -0.1) is 0 Å². The molecule has 0 aliphatic rings. The van der Waals surface area contributed by atoms with E-state index >= 15 is 0 Å². The van der Waals surface area contributed by atoms with Gasteiger partial charge in [-0.2, -0.15) is 0 Å². The molecule has 0 bridgehead atoms. The van der Waals surface area contributed by atoms with Crippen molar-refractivity contribution in [2.24, 2.45) is 0 Å². The van der Waals surface area contributed by atoms with Crippen molar-refractivity contribution in [1.29, 1.82) is 0 Å². The number of carboxylic acid groups (broad SMARTS) is 1. The molecule has 0 aliphatic carbocycles. The van der Waals surface area contributed by atoms with Crippen molar-refractivity contribution in [1.82, 2.24) is 26.6 Å². The van der Waals surface area contributed by atoms with Gasteiger partial charge < -0.3 is 41.7 Å². The second-order valence-electron chi connectivity index (χ2n) is 10.9.